The molecule has 0 bridgehead atoms. The van der Waals surface area contributed by atoms with Gasteiger partial charge in [0.05, 0.1) is 32.7 Å². The molecule has 0 radical (unpaired) electrons. The quantitative estimate of drug-likeness (QED) is 0.581. The number of aryl methyl sites for hydroxylation is 2. The van der Waals surface area contributed by atoms with Gasteiger partial charge in [-0.15, -0.1) is 11.3 Å². The van der Waals surface area contributed by atoms with Gasteiger partial charge in [0.15, 0.2) is 11.5 Å². The first-order valence-electron chi connectivity index (χ1n) is 8.76. The SMILES string of the molecule is COc1cc(-c2nc(C)c(C(=O)Nc3cc(C)ccc3O)s2)cc(OC)c1OC. The van der Waals surface area contributed by atoms with Crippen LogP contribution in [0.1, 0.15) is 20.9 Å². The van der Waals surface area contributed by atoms with Gasteiger partial charge >= 0.3 is 0 Å². The van der Waals surface area contributed by atoms with Crippen molar-refractivity contribution >= 4 is 22.9 Å². The van der Waals surface area contributed by atoms with Crippen molar-refractivity contribution in [3.63, 3.8) is 0 Å². The molecule has 0 aliphatic heterocycles. The summed E-state index contributed by atoms with van der Waals surface area (Å²) in [6.45, 7) is 3.65. The van der Waals surface area contributed by atoms with Crippen molar-refractivity contribution in [2.24, 2.45) is 0 Å². The number of ether oxygens (including phenoxy) is 3. The van der Waals surface area contributed by atoms with Gasteiger partial charge in [-0.05, 0) is 43.7 Å². The highest BCUT2D eigenvalue weighted by molar-refractivity contribution is 7.17. The number of carbonyl (C=O) groups excluding carboxylic acids is 1. The first kappa shape index (κ1) is 20.5. The van der Waals surface area contributed by atoms with Crippen molar-refractivity contribution in [3.8, 4) is 33.6 Å². The fourth-order valence-corrected chi connectivity index (χ4v) is 3.81. The van der Waals surface area contributed by atoms with Gasteiger partial charge in [-0.1, -0.05) is 6.07 Å². The van der Waals surface area contributed by atoms with E-state index in [-0.39, 0.29) is 11.7 Å². The number of carbonyl (C=O) groups is 1. The molecule has 2 aromatic carbocycles. The summed E-state index contributed by atoms with van der Waals surface area (Å²) in [5.74, 6) is 1.17. The molecule has 1 aromatic heterocycles. The number of benzene rings is 2. The van der Waals surface area contributed by atoms with Crippen LogP contribution in [-0.4, -0.2) is 37.3 Å². The lowest BCUT2D eigenvalue weighted by atomic mass is 10.2. The molecule has 3 rings (SSSR count). The Morgan fingerprint density at radius 3 is 2.28 bits per heavy atom. The maximum absolute atomic E-state index is 12.8. The average molecular weight is 414 g/mol. The summed E-state index contributed by atoms with van der Waals surface area (Å²) in [7, 11) is 4.62. The Morgan fingerprint density at radius 1 is 1.03 bits per heavy atom. The van der Waals surface area contributed by atoms with E-state index in [9.17, 15) is 9.90 Å². The lowest BCUT2D eigenvalue weighted by molar-refractivity contribution is 0.102. The normalized spacial score (nSPS) is 10.5. The summed E-state index contributed by atoms with van der Waals surface area (Å²) in [5, 5.41) is 13.4. The maximum Gasteiger partial charge on any atom is 0.267 e. The minimum atomic E-state index is -0.334. The predicted octanol–water partition coefficient (Wildman–Crippen LogP) is 4.41. The first-order valence-corrected chi connectivity index (χ1v) is 9.58. The van der Waals surface area contributed by atoms with Crippen LogP contribution in [0.4, 0.5) is 5.69 Å². The van der Waals surface area contributed by atoms with Gasteiger partial charge < -0.3 is 24.6 Å². The number of phenols is 1. The highest BCUT2D eigenvalue weighted by atomic mass is 32.1. The van der Waals surface area contributed by atoms with Gasteiger partial charge in [0.25, 0.3) is 5.91 Å². The van der Waals surface area contributed by atoms with E-state index in [0.29, 0.717) is 38.5 Å². The fraction of sp³-hybridized carbons (Fsp3) is 0.238. The summed E-state index contributed by atoms with van der Waals surface area (Å²) in [6, 6.07) is 8.60. The molecule has 0 aliphatic carbocycles. The molecule has 0 fully saturated rings. The monoisotopic (exact) mass is 414 g/mol. The largest absolute Gasteiger partial charge is 0.506 e. The zero-order valence-electron chi connectivity index (χ0n) is 16.8. The third-order valence-electron chi connectivity index (χ3n) is 4.31. The lowest BCUT2D eigenvalue weighted by Crippen LogP contribution is -2.11. The summed E-state index contributed by atoms with van der Waals surface area (Å²) in [6.07, 6.45) is 0. The zero-order valence-corrected chi connectivity index (χ0v) is 17.6. The van der Waals surface area contributed by atoms with Crippen LogP contribution in [0.25, 0.3) is 10.6 Å². The lowest BCUT2D eigenvalue weighted by Gasteiger charge is -2.13. The first-order chi connectivity index (χ1) is 13.9. The van der Waals surface area contributed by atoms with Crippen molar-refractivity contribution in [1.82, 2.24) is 4.98 Å². The van der Waals surface area contributed by atoms with Crippen LogP contribution in [0.5, 0.6) is 23.0 Å². The van der Waals surface area contributed by atoms with E-state index < -0.39 is 0 Å². The van der Waals surface area contributed by atoms with Crippen molar-refractivity contribution in [1.29, 1.82) is 0 Å². The Hall–Kier alpha value is -3.26. The Labute approximate surface area is 172 Å². The Balaban J connectivity index is 1.96. The second kappa shape index (κ2) is 8.40. The van der Waals surface area contributed by atoms with Gasteiger partial charge in [0.2, 0.25) is 5.75 Å². The number of methoxy groups -OCH3 is 3. The molecule has 8 heteroatoms. The molecule has 1 heterocycles. The van der Waals surface area contributed by atoms with Crippen molar-refractivity contribution in [2.75, 3.05) is 26.6 Å². The highest BCUT2D eigenvalue weighted by Gasteiger charge is 2.20. The topological polar surface area (TPSA) is 89.9 Å². The van der Waals surface area contributed by atoms with Gasteiger partial charge in [-0.25, -0.2) is 4.98 Å². The van der Waals surface area contributed by atoms with Crippen LogP contribution in [0.15, 0.2) is 30.3 Å². The summed E-state index contributed by atoms with van der Waals surface area (Å²) >= 11 is 1.25. The Morgan fingerprint density at radius 2 is 1.69 bits per heavy atom. The second-order valence-electron chi connectivity index (χ2n) is 6.32. The minimum Gasteiger partial charge on any atom is -0.506 e. The van der Waals surface area contributed by atoms with Crippen LogP contribution >= 0.6 is 11.3 Å². The molecule has 0 spiro atoms. The van der Waals surface area contributed by atoms with Crippen LogP contribution < -0.4 is 19.5 Å². The molecule has 0 aliphatic rings. The predicted molar refractivity (Wildman–Crippen MR) is 113 cm³/mol. The van der Waals surface area contributed by atoms with Crippen molar-refractivity contribution in [2.45, 2.75) is 13.8 Å². The number of anilines is 1. The number of nitrogens with one attached hydrogen (secondary N) is 1. The van der Waals surface area contributed by atoms with E-state index in [2.05, 4.69) is 10.3 Å². The van der Waals surface area contributed by atoms with Crippen LogP contribution in [0.2, 0.25) is 0 Å². The van der Waals surface area contributed by atoms with E-state index >= 15 is 0 Å². The van der Waals surface area contributed by atoms with Gasteiger partial charge in [0.1, 0.15) is 15.6 Å². The number of thiazole rings is 1. The van der Waals surface area contributed by atoms with E-state index in [4.69, 9.17) is 14.2 Å². The molecular formula is C21H22N2O5S. The number of amides is 1. The molecule has 29 heavy (non-hydrogen) atoms. The van der Waals surface area contributed by atoms with Crippen molar-refractivity contribution < 1.29 is 24.1 Å². The minimum absolute atomic E-state index is 0.0102. The standard InChI is InChI=1S/C21H22N2O5S/c1-11-6-7-15(24)14(8-11)23-20(25)19-12(2)22-21(29-19)13-9-16(26-3)18(28-5)17(10-13)27-4/h6-10,24H,1-5H3,(H,23,25). The molecule has 0 atom stereocenters. The number of hydrogen-bond donors (Lipinski definition) is 2. The van der Waals surface area contributed by atoms with Gasteiger partial charge in [-0.3, -0.25) is 4.79 Å². The number of phenolic OH excluding ortho intramolecular Hbond substituents is 1. The number of aromatic hydroxyl groups is 1. The molecule has 7 nitrogen and oxygen atoms in total. The van der Waals surface area contributed by atoms with Crippen LogP contribution in [0.3, 0.4) is 0 Å². The molecule has 2 N–H and O–H groups in total. The molecule has 0 saturated heterocycles. The number of rotatable bonds is 6. The Bertz CT molecular complexity index is 1040. The molecule has 3 aromatic rings. The molecule has 0 saturated carbocycles. The van der Waals surface area contributed by atoms with Crippen LogP contribution in [-0.2, 0) is 0 Å². The second-order valence-corrected chi connectivity index (χ2v) is 7.32. The fourth-order valence-electron chi connectivity index (χ4n) is 2.86. The van der Waals surface area contributed by atoms with E-state index in [1.807, 2.05) is 6.92 Å². The number of aromatic nitrogens is 1. The maximum atomic E-state index is 12.8. The van der Waals surface area contributed by atoms with Crippen molar-refractivity contribution in [3.05, 3.63) is 46.5 Å². The van der Waals surface area contributed by atoms with E-state index in [1.165, 1.54) is 18.4 Å². The zero-order chi connectivity index (χ0) is 21.1. The smallest absolute Gasteiger partial charge is 0.267 e. The van der Waals surface area contributed by atoms with E-state index in [1.54, 1.807) is 51.5 Å². The number of nitrogens with zero attached hydrogens (tertiary/aromatic N) is 1. The molecule has 1 amide bonds. The Kier molecular flexibility index (Phi) is 5.93. The summed E-state index contributed by atoms with van der Waals surface area (Å²) in [4.78, 5) is 17.8. The van der Waals surface area contributed by atoms with Crippen LogP contribution in [0, 0.1) is 13.8 Å². The summed E-state index contributed by atoms with van der Waals surface area (Å²) < 4.78 is 16.1. The third kappa shape index (κ3) is 4.12. The average Bonchev–Trinajstić information content (AvgIpc) is 3.11. The molecule has 0 unspecified atom stereocenters. The van der Waals surface area contributed by atoms with E-state index in [0.717, 1.165) is 11.1 Å². The highest BCUT2D eigenvalue weighted by Crippen LogP contribution is 2.42. The van der Waals surface area contributed by atoms with Gasteiger partial charge in [-0.2, -0.15) is 0 Å². The molecular weight excluding hydrogens is 392 g/mol. The third-order valence-corrected chi connectivity index (χ3v) is 5.52. The summed E-state index contributed by atoms with van der Waals surface area (Å²) in [5.41, 5.74) is 2.61. The number of hydrogen-bond acceptors (Lipinski definition) is 7. The molecule has 152 valence electrons. The van der Waals surface area contributed by atoms with Gasteiger partial charge in [0, 0.05) is 5.56 Å².